The van der Waals surface area contributed by atoms with Crippen LogP contribution in [0.1, 0.15) is 11.1 Å². The first-order chi connectivity index (χ1) is 12.9. The van der Waals surface area contributed by atoms with Crippen molar-refractivity contribution in [2.75, 3.05) is 17.1 Å². The van der Waals surface area contributed by atoms with Crippen LogP contribution in [0.25, 0.3) is 0 Å². The predicted molar refractivity (Wildman–Crippen MR) is 109 cm³/mol. The monoisotopic (exact) mass is 382 g/mol. The predicted octanol–water partition coefficient (Wildman–Crippen LogP) is 4.86. The van der Waals surface area contributed by atoms with Gasteiger partial charge in [0.1, 0.15) is 5.75 Å². The third-order valence-electron chi connectivity index (χ3n) is 4.15. The van der Waals surface area contributed by atoms with Crippen LogP contribution < -0.4 is 14.8 Å². The van der Waals surface area contributed by atoms with Crippen LogP contribution in [0, 0.1) is 13.8 Å². The molecule has 0 amide bonds. The van der Waals surface area contributed by atoms with Crippen LogP contribution in [0.3, 0.4) is 0 Å². The van der Waals surface area contributed by atoms with Crippen molar-refractivity contribution in [2.45, 2.75) is 18.7 Å². The summed E-state index contributed by atoms with van der Waals surface area (Å²) in [6, 6.07) is 19.9. The molecule has 0 fully saturated rings. The van der Waals surface area contributed by atoms with Gasteiger partial charge in [0.05, 0.1) is 12.0 Å². The first-order valence-corrected chi connectivity index (χ1v) is 9.97. The lowest BCUT2D eigenvalue weighted by molar-refractivity contribution is 0.411. The van der Waals surface area contributed by atoms with Crippen molar-refractivity contribution in [3.63, 3.8) is 0 Å². The number of benzene rings is 3. The normalized spacial score (nSPS) is 11.1. The lowest BCUT2D eigenvalue weighted by atomic mass is 10.2. The van der Waals surface area contributed by atoms with E-state index in [1.807, 2.05) is 50.2 Å². The number of hydrogen-bond donors (Lipinski definition) is 2. The summed E-state index contributed by atoms with van der Waals surface area (Å²) in [7, 11) is -2.11. The van der Waals surface area contributed by atoms with Gasteiger partial charge in [0.25, 0.3) is 10.0 Å². The largest absolute Gasteiger partial charge is 0.496 e. The second-order valence-corrected chi connectivity index (χ2v) is 7.99. The number of anilines is 3. The first-order valence-electron chi connectivity index (χ1n) is 8.48. The fraction of sp³-hybridized carbons (Fsp3) is 0.143. The van der Waals surface area contributed by atoms with Gasteiger partial charge in [0, 0.05) is 17.1 Å². The van der Waals surface area contributed by atoms with Gasteiger partial charge in [-0.2, -0.15) is 0 Å². The highest BCUT2D eigenvalue weighted by molar-refractivity contribution is 7.92. The van der Waals surface area contributed by atoms with Gasteiger partial charge in [0.15, 0.2) is 0 Å². The number of hydrogen-bond acceptors (Lipinski definition) is 4. The number of aryl methyl sites for hydroxylation is 2. The molecule has 3 rings (SSSR count). The summed E-state index contributed by atoms with van der Waals surface area (Å²) in [5.41, 5.74) is 4.31. The summed E-state index contributed by atoms with van der Waals surface area (Å²) in [6.07, 6.45) is 0. The molecule has 140 valence electrons. The molecule has 5 nitrogen and oxygen atoms in total. The molecule has 0 saturated carbocycles. The molecule has 0 unspecified atom stereocenters. The smallest absolute Gasteiger partial charge is 0.261 e. The van der Waals surface area contributed by atoms with Crippen molar-refractivity contribution in [1.29, 1.82) is 0 Å². The van der Waals surface area contributed by atoms with Gasteiger partial charge in [-0.15, -0.1) is 0 Å². The van der Waals surface area contributed by atoms with E-state index in [0.29, 0.717) is 11.4 Å². The summed E-state index contributed by atoms with van der Waals surface area (Å²) < 4.78 is 33.0. The van der Waals surface area contributed by atoms with E-state index in [4.69, 9.17) is 4.74 Å². The maximum Gasteiger partial charge on any atom is 0.261 e. The van der Waals surface area contributed by atoms with E-state index >= 15 is 0 Å². The van der Waals surface area contributed by atoms with Crippen LogP contribution >= 0.6 is 0 Å². The first kappa shape index (κ1) is 18.8. The average Bonchev–Trinajstić information content (AvgIpc) is 2.65. The zero-order valence-electron chi connectivity index (χ0n) is 15.5. The van der Waals surface area contributed by atoms with Crippen LogP contribution in [0.15, 0.2) is 71.6 Å². The second-order valence-electron chi connectivity index (χ2n) is 6.31. The van der Waals surface area contributed by atoms with Crippen LogP contribution in [-0.2, 0) is 10.0 Å². The SMILES string of the molecule is COc1ccc(S(=O)(=O)Nc2ccc(Nc3ccc(C)cc3)cc2)cc1C. The summed E-state index contributed by atoms with van der Waals surface area (Å²) in [5.74, 6) is 0.653. The molecule has 27 heavy (non-hydrogen) atoms. The molecule has 0 aromatic heterocycles. The highest BCUT2D eigenvalue weighted by Crippen LogP contribution is 2.24. The lowest BCUT2D eigenvalue weighted by Crippen LogP contribution is -2.13. The zero-order valence-corrected chi connectivity index (χ0v) is 16.3. The standard InChI is InChI=1S/C21H22N2O3S/c1-15-4-6-17(7-5-15)22-18-8-10-19(11-9-18)23-27(24,25)20-12-13-21(26-3)16(2)14-20/h4-14,22-23H,1-3H3. The van der Waals surface area contributed by atoms with Gasteiger partial charge in [-0.1, -0.05) is 17.7 Å². The van der Waals surface area contributed by atoms with E-state index in [9.17, 15) is 8.42 Å². The number of methoxy groups -OCH3 is 1. The Balaban J connectivity index is 1.73. The Morgan fingerprint density at radius 3 is 1.89 bits per heavy atom. The van der Waals surface area contributed by atoms with Gasteiger partial charge in [0.2, 0.25) is 0 Å². The van der Waals surface area contributed by atoms with Crippen molar-refractivity contribution in [3.05, 3.63) is 77.9 Å². The Morgan fingerprint density at radius 2 is 1.33 bits per heavy atom. The molecule has 3 aromatic rings. The molecule has 0 saturated heterocycles. The van der Waals surface area contributed by atoms with Crippen molar-refractivity contribution in [1.82, 2.24) is 0 Å². The summed E-state index contributed by atoms with van der Waals surface area (Å²) >= 11 is 0. The average molecular weight is 382 g/mol. The number of ether oxygens (including phenoxy) is 1. The summed E-state index contributed by atoms with van der Waals surface area (Å²) in [5, 5.41) is 3.28. The Morgan fingerprint density at radius 1 is 0.778 bits per heavy atom. The van der Waals surface area contributed by atoms with Crippen LogP contribution in [0.5, 0.6) is 5.75 Å². The molecule has 3 aromatic carbocycles. The maximum absolute atomic E-state index is 12.6. The van der Waals surface area contributed by atoms with Crippen molar-refractivity contribution >= 4 is 27.1 Å². The molecular formula is C21H22N2O3S. The van der Waals surface area contributed by atoms with Gasteiger partial charge in [-0.25, -0.2) is 8.42 Å². The van der Waals surface area contributed by atoms with E-state index in [1.165, 1.54) is 11.6 Å². The molecule has 0 radical (unpaired) electrons. The molecule has 0 spiro atoms. The Labute approximate surface area is 160 Å². The van der Waals surface area contributed by atoms with Crippen LogP contribution in [-0.4, -0.2) is 15.5 Å². The van der Waals surface area contributed by atoms with Gasteiger partial charge < -0.3 is 10.1 Å². The Hall–Kier alpha value is -2.99. The van der Waals surface area contributed by atoms with Gasteiger partial charge in [-0.05, 0) is 74.0 Å². The van der Waals surface area contributed by atoms with Crippen LogP contribution in [0.2, 0.25) is 0 Å². The minimum atomic E-state index is -3.66. The lowest BCUT2D eigenvalue weighted by Gasteiger charge is -2.12. The Bertz CT molecular complexity index is 1030. The molecule has 6 heteroatoms. The minimum Gasteiger partial charge on any atom is -0.496 e. The minimum absolute atomic E-state index is 0.197. The quantitative estimate of drug-likeness (QED) is 0.639. The Kier molecular flexibility index (Phi) is 5.37. The molecule has 0 aliphatic carbocycles. The van der Waals surface area contributed by atoms with Crippen molar-refractivity contribution < 1.29 is 13.2 Å². The summed E-state index contributed by atoms with van der Waals surface area (Å²) in [6.45, 7) is 3.85. The highest BCUT2D eigenvalue weighted by Gasteiger charge is 2.15. The molecule has 2 N–H and O–H groups in total. The molecular weight excluding hydrogens is 360 g/mol. The molecule has 0 atom stereocenters. The van der Waals surface area contributed by atoms with Crippen molar-refractivity contribution in [2.24, 2.45) is 0 Å². The van der Waals surface area contributed by atoms with Gasteiger partial charge in [-0.3, -0.25) is 4.72 Å². The van der Waals surface area contributed by atoms with E-state index in [1.54, 1.807) is 31.4 Å². The maximum atomic E-state index is 12.6. The molecule has 0 aliphatic heterocycles. The number of rotatable bonds is 6. The van der Waals surface area contributed by atoms with E-state index in [0.717, 1.165) is 16.9 Å². The zero-order chi connectivity index (χ0) is 19.4. The number of sulfonamides is 1. The van der Waals surface area contributed by atoms with E-state index < -0.39 is 10.0 Å². The van der Waals surface area contributed by atoms with Crippen molar-refractivity contribution in [3.8, 4) is 5.75 Å². The van der Waals surface area contributed by atoms with Crippen LogP contribution in [0.4, 0.5) is 17.1 Å². The topological polar surface area (TPSA) is 67.4 Å². The molecule has 0 aliphatic rings. The third-order valence-corrected chi connectivity index (χ3v) is 5.53. The number of nitrogens with one attached hydrogen (secondary N) is 2. The van der Waals surface area contributed by atoms with E-state index in [2.05, 4.69) is 10.0 Å². The molecule has 0 bridgehead atoms. The highest BCUT2D eigenvalue weighted by atomic mass is 32.2. The fourth-order valence-electron chi connectivity index (χ4n) is 2.66. The third kappa shape index (κ3) is 4.60. The van der Waals surface area contributed by atoms with E-state index in [-0.39, 0.29) is 4.90 Å². The van der Waals surface area contributed by atoms with Gasteiger partial charge >= 0.3 is 0 Å². The fourth-order valence-corrected chi connectivity index (χ4v) is 3.80. The molecule has 0 heterocycles. The second kappa shape index (κ2) is 7.72. The summed E-state index contributed by atoms with van der Waals surface area (Å²) in [4.78, 5) is 0.197.